The minimum Gasteiger partial charge on any atom is -0.370 e. The number of rotatable bonds is 9. The van der Waals surface area contributed by atoms with Crippen molar-refractivity contribution in [1.29, 1.82) is 5.41 Å². The molecule has 0 saturated heterocycles. The molecular formula is C22H30Cl2N6. The zero-order valence-electron chi connectivity index (χ0n) is 17.5. The first kappa shape index (κ1) is 23.8. The normalized spacial score (nSPS) is 11.3. The van der Waals surface area contributed by atoms with Crippen molar-refractivity contribution < 1.29 is 0 Å². The third kappa shape index (κ3) is 7.43. The van der Waals surface area contributed by atoms with Crippen LogP contribution in [0, 0.1) is 5.41 Å². The molecule has 0 aromatic heterocycles. The van der Waals surface area contributed by atoms with Gasteiger partial charge in [0, 0.05) is 48.6 Å². The minimum atomic E-state index is 0.397. The van der Waals surface area contributed by atoms with Crippen LogP contribution in [0.15, 0.2) is 53.5 Å². The Bertz CT molecular complexity index is 821. The van der Waals surface area contributed by atoms with Gasteiger partial charge in [0.2, 0.25) is 5.96 Å². The lowest BCUT2D eigenvalue weighted by Crippen LogP contribution is -2.42. The van der Waals surface area contributed by atoms with Crippen molar-refractivity contribution in [3.05, 3.63) is 58.6 Å². The molecule has 30 heavy (non-hydrogen) atoms. The van der Waals surface area contributed by atoms with Crippen molar-refractivity contribution in [2.75, 3.05) is 37.0 Å². The Labute approximate surface area is 189 Å². The third-order valence-electron chi connectivity index (χ3n) is 4.78. The van der Waals surface area contributed by atoms with E-state index in [4.69, 9.17) is 34.3 Å². The van der Waals surface area contributed by atoms with Gasteiger partial charge < -0.3 is 20.9 Å². The summed E-state index contributed by atoms with van der Waals surface area (Å²) >= 11 is 12.1. The van der Waals surface area contributed by atoms with Crippen molar-refractivity contribution in [3.8, 4) is 0 Å². The largest absolute Gasteiger partial charge is 0.370 e. The Balaban J connectivity index is 1.98. The maximum Gasteiger partial charge on any atom is 0.202 e. The van der Waals surface area contributed by atoms with Crippen LogP contribution in [-0.2, 0) is 0 Å². The summed E-state index contributed by atoms with van der Waals surface area (Å²) in [6.45, 7) is 1.56. The third-order valence-corrected chi connectivity index (χ3v) is 5.29. The Morgan fingerprint density at radius 2 is 1.47 bits per heavy atom. The highest BCUT2D eigenvalue weighted by Crippen LogP contribution is 2.23. The van der Waals surface area contributed by atoms with Gasteiger partial charge in [-0.25, -0.2) is 0 Å². The van der Waals surface area contributed by atoms with Crippen LogP contribution < -0.4 is 20.9 Å². The van der Waals surface area contributed by atoms with Crippen molar-refractivity contribution in [2.24, 2.45) is 10.7 Å². The van der Waals surface area contributed by atoms with Crippen molar-refractivity contribution in [2.45, 2.75) is 25.7 Å². The number of halogens is 2. The lowest BCUT2D eigenvalue weighted by Gasteiger charge is -2.31. The molecule has 0 aliphatic carbocycles. The standard InChI is InChI=1S/C22H30Cl2N6/c1-27-21(25)28-15-5-3-4-6-16-30(20-13-9-18(24)10-14-20)22(26)29(2)19-11-7-17(23)8-12-19/h7-14,26H,3-6,15-16H2,1-2H3,(H3,25,27,28). The summed E-state index contributed by atoms with van der Waals surface area (Å²) in [7, 11) is 3.56. The van der Waals surface area contributed by atoms with E-state index in [1.165, 1.54) is 0 Å². The molecule has 0 radical (unpaired) electrons. The van der Waals surface area contributed by atoms with E-state index < -0.39 is 0 Å². The van der Waals surface area contributed by atoms with Crippen molar-refractivity contribution in [1.82, 2.24) is 5.32 Å². The fraction of sp³-hybridized carbons (Fsp3) is 0.364. The van der Waals surface area contributed by atoms with E-state index in [0.29, 0.717) is 22.0 Å². The van der Waals surface area contributed by atoms with Crippen LogP contribution in [-0.4, -0.2) is 39.1 Å². The lowest BCUT2D eigenvalue weighted by atomic mass is 10.1. The highest BCUT2D eigenvalue weighted by molar-refractivity contribution is 6.31. The first-order chi connectivity index (χ1) is 14.4. The SMILES string of the molecule is CN=C(N)NCCCCCCN(C(=N)N(C)c1ccc(Cl)cc1)c1ccc(Cl)cc1. The molecule has 0 atom stereocenters. The van der Waals surface area contributed by atoms with E-state index >= 15 is 0 Å². The summed E-state index contributed by atoms with van der Waals surface area (Å²) < 4.78 is 0. The Morgan fingerprint density at radius 3 is 2.03 bits per heavy atom. The van der Waals surface area contributed by atoms with Crippen LogP contribution in [0.25, 0.3) is 0 Å². The molecule has 0 spiro atoms. The summed E-state index contributed by atoms with van der Waals surface area (Å²) in [6.07, 6.45) is 4.14. The van der Waals surface area contributed by atoms with Crippen LogP contribution in [0.1, 0.15) is 25.7 Å². The van der Waals surface area contributed by atoms with Crippen LogP contribution >= 0.6 is 23.2 Å². The van der Waals surface area contributed by atoms with E-state index in [1.54, 1.807) is 7.05 Å². The summed E-state index contributed by atoms with van der Waals surface area (Å²) in [4.78, 5) is 7.74. The Morgan fingerprint density at radius 1 is 0.933 bits per heavy atom. The second-order valence-electron chi connectivity index (χ2n) is 6.94. The molecule has 2 rings (SSSR count). The van der Waals surface area contributed by atoms with E-state index in [2.05, 4.69) is 10.3 Å². The Hall–Kier alpha value is -2.44. The van der Waals surface area contributed by atoms with Crippen LogP contribution in [0.5, 0.6) is 0 Å². The summed E-state index contributed by atoms with van der Waals surface area (Å²) in [6, 6.07) is 15.1. The fourth-order valence-electron chi connectivity index (χ4n) is 2.99. The van der Waals surface area contributed by atoms with Gasteiger partial charge in [-0.05, 0) is 61.4 Å². The first-order valence-electron chi connectivity index (χ1n) is 9.99. The van der Waals surface area contributed by atoms with Crippen LogP contribution in [0.3, 0.4) is 0 Å². The highest BCUT2D eigenvalue weighted by atomic mass is 35.5. The predicted molar refractivity (Wildman–Crippen MR) is 130 cm³/mol. The van der Waals surface area contributed by atoms with Gasteiger partial charge in [-0.1, -0.05) is 36.0 Å². The highest BCUT2D eigenvalue weighted by Gasteiger charge is 2.17. The molecule has 0 aliphatic rings. The van der Waals surface area contributed by atoms with Gasteiger partial charge in [0.25, 0.3) is 0 Å². The molecule has 8 heteroatoms. The molecule has 0 fully saturated rings. The van der Waals surface area contributed by atoms with Crippen LogP contribution in [0.4, 0.5) is 11.4 Å². The van der Waals surface area contributed by atoms with Gasteiger partial charge in [-0.2, -0.15) is 0 Å². The van der Waals surface area contributed by atoms with E-state index in [1.807, 2.05) is 65.4 Å². The molecular weight excluding hydrogens is 419 g/mol. The van der Waals surface area contributed by atoms with E-state index in [9.17, 15) is 0 Å². The van der Waals surface area contributed by atoms with Crippen molar-refractivity contribution in [3.63, 3.8) is 0 Å². The summed E-state index contributed by atoms with van der Waals surface area (Å²) in [5.41, 5.74) is 7.48. The summed E-state index contributed by atoms with van der Waals surface area (Å²) in [5, 5.41) is 13.2. The minimum absolute atomic E-state index is 0.397. The number of guanidine groups is 2. The smallest absolute Gasteiger partial charge is 0.202 e. The predicted octanol–water partition coefficient (Wildman–Crippen LogP) is 4.97. The number of hydrogen-bond donors (Lipinski definition) is 3. The molecule has 0 bridgehead atoms. The second-order valence-corrected chi connectivity index (χ2v) is 7.81. The monoisotopic (exact) mass is 448 g/mol. The van der Waals surface area contributed by atoms with Gasteiger partial charge in [-0.3, -0.25) is 10.4 Å². The number of nitrogens with zero attached hydrogens (tertiary/aromatic N) is 3. The zero-order chi connectivity index (χ0) is 21.9. The average molecular weight is 449 g/mol. The van der Waals surface area contributed by atoms with E-state index in [0.717, 1.165) is 50.1 Å². The van der Waals surface area contributed by atoms with Gasteiger partial charge in [0.15, 0.2) is 5.96 Å². The van der Waals surface area contributed by atoms with E-state index in [-0.39, 0.29) is 0 Å². The lowest BCUT2D eigenvalue weighted by molar-refractivity contribution is 0.633. The Kier molecular flexibility index (Phi) is 9.77. The molecule has 4 N–H and O–H groups in total. The maximum atomic E-state index is 8.80. The molecule has 0 heterocycles. The molecule has 2 aromatic rings. The second kappa shape index (κ2) is 12.3. The fourth-order valence-corrected chi connectivity index (χ4v) is 3.24. The molecule has 0 amide bonds. The van der Waals surface area contributed by atoms with Gasteiger partial charge in [-0.15, -0.1) is 0 Å². The number of anilines is 2. The quantitative estimate of drug-likeness (QED) is 0.287. The zero-order valence-corrected chi connectivity index (χ0v) is 19.0. The van der Waals surface area contributed by atoms with Gasteiger partial charge >= 0.3 is 0 Å². The number of unbranched alkanes of at least 4 members (excludes halogenated alkanes) is 3. The summed E-state index contributed by atoms with van der Waals surface area (Å²) in [5.74, 6) is 0.871. The molecule has 0 saturated carbocycles. The van der Waals surface area contributed by atoms with Crippen molar-refractivity contribution >= 4 is 46.5 Å². The number of nitrogens with one attached hydrogen (secondary N) is 2. The van der Waals surface area contributed by atoms with Gasteiger partial charge in [0.05, 0.1) is 0 Å². The topological polar surface area (TPSA) is 80.7 Å². The molecule has 0 aliphatic heterocycles. The maximum absolute atomic E-state index is 8.80. The van der Waals surface area contributed by atoms with Crippen LogP contribution in [0.2, 0.25) is 10.0 Å². The molecule has 6 nitrogen and oxygen atoms in total. The number of aliphatic imine (C=N–C) groups is 1. The molecule has 2 aromatic carbocycles. The first-order valence-corrected chi connectivity index (χ1v) is 10.7. The molecule has 162 valence electrons. The number of benzene rings is 2. The number of nitrogens with two attached hydrogens (primary N) is 1. The number of hydrogen-bond acceptors (Lipinski definition) is 2. The average Bonchev–Trinajstić information content (AvgIpc) is 2.76. The molecule has 0 unspecified atom stereocenters. The van der Waals surface area contributed by atoms with Gasteiger partial charge in [0.1, 0.15) is 0 Å².